The molecule has 1 atom stereocenters. The number of ether oxygens (including phenoxy) is 4. The molecule has 1 spiro atoms. The number of hydrogen-bond acceptors (Lipinski definition) is 10. The minimum absolute atomic E-state index is 0.0835. The van der Waals surface area contributed by atoms with E-state index in [-0.39, 0.29) is 23.9 Å². The van der Waals surface area contributed by atoms with E-state index >= 15 is 0 Å². The fourth-order valence-electron chi connectivity index (χ4n) is 7.31. The van der Waals surface area contributed by atoms with Crippen LogP contribution in [0.1, 0.15) is 42.4 Å². The molecule has 3 N–H and O–H groups in total. The Morgan fingerprint density at radius 2 is 1.68 bits per heavy atom. The highest BCUT2D eigenvalue weighted by Gasteiger charge is 2.47. The number of carbonyl (C=O) groups excluding carboxylic acids is 1. The van der Waals surface area contributed by atoms with Crippen LogP contribution in [-0.4, -0.2) is 79.5 Å². The Hall–Kier alpha value is -3.68. The summed E-state index contributed by atoms with van der Waals surface area (Å²) in [6, 6.07) is 17.7. The van der Waals surface area contributed by atoms with Gasteiger partial charge in [-0.2, -0.15) is 4.98 Å². The number of benzene rings is 2. The Balaban J connectivity index is 1.03. The van der Waals surface area contributed by atoms with E-state index in [4.69, 9.17) is 58.7 Å². The van der Waals surface area contributed by atoms with Crippen LogP contribution < -0.4 is 30.2 Å². The third kappa shape index (κ3) is 8.52. The summed E-state index contributed by atoms with van der Waals surface area (Å²) in [5, 5.41) is 11.4. The second kappa shape index (κ2) is 16.8. The molecular formula is C39H43Cl3N6O5. The van der Waals surface area contributed by atoms with Crippen LogP contribution in [0.15, 0.2) is 54.6 Å². The fourth-order valence-corrected chi connectivity index (χ4v) is 8.14. The number of aromatic nitrogens is 2. The average Bonchev–Trinajstić information content (AvgIpc) is 3.35. The van der Waals surface area contributed by atoms with Crippen molar-refractivity contribution in [2.24, 2.45) is 0 Å². The lowest BCUT2D eigenvalue weighted by Crippen LogP contribution is -2.66. The van der Waals surface area contributed by atoms with Crippen LogP contribution in [0, 0.1) is 0 Å². The van der Waals surface area contributed by atoms with Crippen molar-refractivity contribution in [2.45, 2.75) is 57.0 Å². The summed E-state index contributed by atoms with van der Waals surface area (Å²) in [5.74, 6) is 1.35. The molecule has 0 saturated carbocycles. The minimum atomic E-state index is -0.0835. The van der Waals surface area contributed by atoms with Gasteiger partial charge in [0.1, 0.15) is 11.6 Å². The van der Waals surface area contributed by atoms with Gasteiger partial charge in [0.15, 0.2) is 0 Å². The summed E-state index contributed by atoms with van der Waals surface area (Å²) in [4.78, 5) is 23.5. The summed E-state index contributed by atoms with van der Waals surface area (Å²) >= 11 is 20.8. The number of nitrogens with one attached hydrogen (secondary N) is 3. The molecule has 7 rings (SSSR count). The largest absolute Gasteiger partial charge is 0.481 e. The van der Waals surface area contributed by atoms with Gasteiger partial charge in [-0.15, -0.1) is 0 Å². The minimum Gasteiger partial charge on any atom is -0.481 e. The third-order valence-corrected chi connectivity index (χ3v) is 11.1. The molecule has 0 bridgehead atoms. The summed E-state index contributed by atoms with van der Waals surface area (Å²) in [6.45, 7) is 5.10. The maximum Gasteiger partial charge on any atom is 0.236 e. The first kappa shape index (κ1) is 37.6. The number of rotatable bonds is 13. The number of halogens is 3. The Bertz CT molecular complexity index is 1950. The second-order valence-corrected chi connectivity index (χ2v) is 14.9. The van der Waals surface area contributed by atoms with Crippen molar-refractivity contribution >= 4 is 40.7 Å². The number of hydrogen-bond donors (Lipinski definition) is 3. The lowest BCUT2D eigenvalue weighted by atomic mass is 9.88. The summed E-state index contributed by atoms with van der Waals surface area (Å²) < 4.78 is 22.9. The van der Waals surface area contributed by atoms with Gasteiger partial charge in [-0.05, 0) is 31.4 Å². The quantitative estimate of drug-likeness (QED) is 0.136. The van der Waals surface area contributed by atoms with Crippen molar-refractivity contribution in [1.82, 2.24) is 30.8 Å². The van der Waals surface area contributed by atoms with Crippen LogP contribution in [0.4, 0.5) is 0 Å². The van der Waals surface area contributed by atoms with E-state index in [0.29, 0.717) is 64.8 Å². The Morgan fingerprint density at radius 1 is 0.925 bits per heavy atom. The Morgan fingerprint density at radius 3 is 2.45 bits per heavy atom. The maximum absolute atomic E-state index is 11.8. The van der Waals surface area contributed by atoms with Crippen LogP contribution in [0.5, 0.6) is 17.6 Å². The predicted molar refractivity (Wildman–Crippen MR) is 206 cm³/mol. The van der Waals surface area contributed by atoms with Crippen LogP contribution >= 0.6 is 34.8 Å². The van der Waals surface area contributed by atoms with Crippen molar-refractivity contribution in [3.63, 3.8) is 0 Å². The third-order valence-electron chi connectivity index (χ3n) is 10.0. The molecule has 2 aromatic heterocycles. The molecule has 1 amide bonds. The topological polar surface area (TPSA) is 119 Å². The maximum atomic E-state index is 11.8. The molecule has 3 fully saturated rings. The number of likely N-dealkylation sites (tertiary alicyclic amines) is 1. The van der Waals surface area contributed by atoms with Crippen LogP contribution in [0.3, 0.4) is 0 Å². The normalized spacial score (nSPS) is 18.4. The molecule has 4 aromatic rings. The van der Waals surface area contributed by atoms with Gasteiger partial charge in [-0.1, -0.05) is 77.3 Å². The van der Waals surface area contributed by atoms with Crippen molar-refractivity contribution < 1.29 is 23.7 Å². The van der Waals surface area contributed by atoms with E-state index in [2.05, 4.69) is 25.8 Å². The SMILES string of the molecule is COc1nc(-c2cccc(-c3cccc(COc4nc(OC)c(CNC[C@H]5CCCOCN5)cc4Cl)c3Cl)c2Cl)ccc1CN1CC2(CCC(=O)N2)C1. The highest BCUT2D eigenvalue weighted by atomic mass is 35.5. The predicted octanol–water partition coefficient (Wildman–Crippen LogP) is 6.65. The van der Waals surface area contributed by atoms with Gasteiger partial charge in [0, 0.05) is 85.2 Å². The number of amides is 1. The first-order valence-electron chi connectivity index (χ1n) is 17.8. The zero-order valence-corrected chi connectivity index (χ0v) is 32.0. The van der Waals surface area contributed by atoms with E-state index in [0.717, 1.165) is 78.9 Å². The molecule has 0 radical (unpaired) electrons. The molecule has 5 heterocycles. The zero-order valence-electron chi connectivity index (χ0n) is 29.8. The number of pyridine rings is 2. The summed E-state index contributed by atoms with van der Waals surface area (Å²) in [5.41, 5.74) is 5.39. The highest BCUT2D eigenvalue weighted by Crippen LogP contribution is 2.41. The van der Waals surface area contributed by atoms with Gasteiger partial charge >= 0.3 is 0 Å². The van der Waals surface area contributed by atoms with Gasteiger partial charge in [0.2, 0.25) is 23.5 Å². The first-order chi connectivity index (χ1) is 25.8. The van der Waals surface area contributed by atoms with Gasteiger partial charge in [-0.3, -0.25) is 15.0 Å². The second-order valence-electron chi connectivity index (χ2n) is 13.7. The smallest absolute Gasteiger partial charge is 0.236 e. The molecule has 3 aliphatic heterocycles. The first-order valence-corrected chi connectivity index (χ1v) is 18.9. The molecule has 0 unspecified atom stereocenters. The lowest BCUT2D eigenvalue weighted by Gasteiger charge is -2.48. The lowest BCUT2D eigenvalue weighted by molar-refractivity contribution is -0.120. The summed E-state index contributed by atoms with van der Waals surface area (Å²) in [6.07, 6.45) is 3.55. The fraction of sp³-hybridized carbons (Fsp3) is 0.410. The number of methoxy groups -OCH3 is 2. The van der Waals surface area contributed by atoms with Gasteiger partial charge in [0.05, 0.1) is 42.2 Å². The van der Waals surface area contributed by atoms with E-state index < -0.39 is 0 Å². The van der Waals surface area contributed by atoms with E-state index in [1.807, 2.05) is 54.6 Å². The highest BCUT2D eigenvalue weighted by molar-refractivity contribution is 6.38. The zero-order chi connectivity index (χ0) is 37.0. The standard InChI is InChI=1S/C39H43Cl3N6O5/c1-50-36-24(19-48-21-39(22-48)14-13-33(49)47-39)11-12-32(45-36)30-10-4-9-29(35(30)42)28-8-3-6-25(34(28)41)20-53-38-31(40)16-26(37(46-38)51-2)17-43-18-27-7-5-15-52-23-44-27/h3-4,6,8-12,16,27,43-44H,5,7,13-15,17-23H2,1-2H3,(H,47,49)/t27-/m1/s1. The van der Waals surface area contributed by atoms with Gasteiger partial charge < -0.3 is 29.6 Å². The Kier molecular flexibility index (Phi) is 11.9. The molecular weight excluding hydrogens is 739 g/mol. The Labute approximate surface area is 324 Å². The molecule has 2 aromatic carbocycles. The van der Waals surface area contributed by atoms with Crippen molar-refractivity contribution in [3.8, 4) is 40.0 Å². The molecule has 3 saturated heterocycles. The van der Waals surface area contributed by atoms with Gasteiger partial charge in [-0.25, -0.2) is 4.98 Å². The molecule has 14 heteroatoms. The van der Waals surface area contributed by atoms with Gasteiger partial charge in [0.25, 0.3) is 0 Å². The molecule has 11 nitrogen and oxygen atoms in total. The van der Waals surface area contributed by atoms with Crippen molar-refractivity contribution in [1.29, 1.82) is 0 Å². The van der Waals surface area contributed by atoms with E-state index in [9.17, 15) is 4.79 Å². The number of nitrogens with zero attached hydrogens (tertiary/aromatic N) is 3. The average molecular weight is 782 g/mol. The molecule has 280 valence electrons. The van der Waals surface area contributed by atoms with Crippen LogP contribution in [-0.2, 0) is 29.2 Å². The van der Waals surface area contributed by atoms with Crippen LogP contribution in [0.2, 0.25) is 15.1 Å². The van der Waals surface area contributed by atoms with E-state index in [1.165, 1.54) is 0 Å². The summed E-state index contributed by atoms with van der Waals surface area (Å²) in [7, 11) is 3.20. The van der Waals surface area contributed by atoms with E-state index in [1.54, 1.807) is 14.2 Å². The van der Waals surface area contributed by atoms with Crippen molar-refractivity contribution in [3.05, 3.63) is 86.4 Å². The number of carbonyl (C=O) groups is 1. The molecule has 0 aliphatic carbocycles. The van der Waals surface area contributed by atoms with Crippen molar-refractivity contribution in [2.75, 3.05) is 47.2 Å². The van der Waals surface area contributed by atoms with Crippen LogP contribution in [0.25, 0.3) is 22.4 Å². The monoisotopic (exact) mass is 780 g/mol. The molecule has 53 heavy (non-hydrogen) atoms. The molecule has 3 aliphatic rings.